The first-order valence-corrected chi connectivity index (χ1v) is 5.47. The smallest absolute Gasteiger partial charge is 0.234 e. The van der Waals surface area contributed by atoms with Crippen molar-refractivity contribution in [3.63, 3.8) is 0 Å². The second kappa shape index (κ2) is 6.90. The first kappa shape index (κ1) is 12.6. The van der Waals surface area contributed by atoms with Crippen LogP contribution in [-0.4, -0.2) is 29.2 Å². The van der Waals surface area contributed by atoms with E-state index in [2.05, 4.69) is 15.6 Å². The van der Waals surface area contributed by atoms with Crippen LogP contribution in [-0.2, 0) is 16.1 Å². The van der Waals surface area contributed by atoms with E-state index in [9.17, 15) is 9.59 Å². The Bertz CT molecular complexity index is 338. The number of hydrogen-bond donors (Lipinski definition) is 3. The second-order valence-corrected chi connectivity index (χ2v) is 3.50. The largest absolute Gasteiger partial charge is 0.367 e. The van der Waals surface area contributed by atoms with Gasteiger partial charge < -0.3 is 15.6 Å². The molecule has 0 radical (unpaired) electrons. The molecular formula is C10H14ClN3O2. The molecule has 1 rings (SSSR count). The molecule has 0 spiro atoms. The van der Waals surface area contributed by atoms with Crippen molar-refractivity contribution in [3.05, 3.63) is 24.0 Å². The lowest BCUT2D eigenvalue weighted by Gasteiger charge is -2.04. The minimum Gasteiger partial charge on any atom is -0.367 e. The SMILES string of the molecule is O=C(CCl)NCCC(=O)NCc1cc[nH]c1. The molecule has 6 heteroatoms. The predicted octanol–water partition coefficient (Wildman–Crippen LogP) is 0.376. The summed E-state index contributed by atoms with van der Waals surface area (Å²) >= 11 is 5.28. The minimum atomic E-state index is -0.264. The summed E-state index contributed by atoms with van der Waals surface area (Å²) in [7, 11) is 0. The third-order valence-corrected chi connectivity index (χ3v) is 2.19. The number of hydrogen-bond acceptors (Lipinski definition) is 2. The number of halogens is 1. The van der Waals surface area contributed by atoms with Crippen molar-refractivity contribution in [2.45, 2.75) is 13.0 Å². The standard InChI is InChI=1S/C10H14ClN3O2/c11-5-10(16)13-4-2-9(15)14-7-8-1-3-12-6-8/h1,3,6,12H,2,4-5,7H2,(H,13,16)(H,14,15). The highest BCUT2D eigenvalue weighted by molar-refractivity contribution is 6.27. The van der Waals surface area contributed by atoms with Crippen molar-refractivity contribution in [1.29, 1.82) is 0 Å². The fraction of sp³-hybridized carbons (Fsp3) is 0.400. The van der Waals surface area contributed by atoms with Crippen LogP contribution in [0.25, 0.3) is 0 Å². The van der Waals surface area contributed by atoms with Crippen molar-refractivity contribution in [2.75, 3.05) is 12.4 Å². The Hall–Kier alpha value is -1.49. The maximum absolute atomic E-state index is 11.3. The Kier molecular flexibility index (Phi) is 5.42. The molecule has 1 aromatic heterocycles. The molecule has 0 saturated heterocycles. The lowest BCUT2D eigenvalue weighted by Crippen LogP contribution is -2.30. The van der Waals surface area contributed by atoms with Crippen LogP contribution in [0.2, 0.25) is 0 Å². The molecule has 0 unspecified atom stereocenters. The zero-order chi connectivity index (χ0) is 11.8. The summed E-state index contributed by atoms with van der Waals surface area (Å²) in [6.45, 7) is 0.802. The van der Waals surface area contributed by atoms with Crippen LogP contribution < -0.4 is 10.6 Å². The van der Waals surface area contributed by atoms with Crippen molar-refractivity contribution >= 4 is 23.4 Å². The number of H-pyrrole nitrogens is 1. The first-order valence-electron chi connectivity index (χ1n) is 4.93. The highest BCUT2D eigenvalue weighted by Crippen LogP contribution is 1.94. The normalized spacial score (nSPS) is 9.81. The topological polar surface area (TPSA) is 74.0 Å². The molecule has 88 valence electrons. The van der Waals surface area contributed by atoms with Crippen molar-refractivity contribution in [2.24, 2.45) is 0 Å². The van der Waals surface area contributed by atoms with Gasteiger partial charge in [-0.05, 0) is 11.6 Å². The molecule has 0 saturated carbocycles. The molecular weight excluding hydrogens is 230 g/mol. The number of nitrogens with one attached hydrogen (secondary N) is 3. The van der Waals surface area contributed by atoms with Crippen molar-refractivity contribution in [3.8, 4) is 0 Å². The van der Waals surface area contributed by atoms with Crippen molar-refractivity contribution < 1.29 is 9.59 Å². The number of amides is 2. The van der Waals surface area contributed by atoms with Crippen LogP contribution in [0.5, 0.6) is 0 Å². The Morgan fingerprint density at radius 1 is 1.31 bits per heavy atom. The molecule has 0 fully saturated rings. The van der Waals surface area contributed by atoms with E-state index in [4.69, 9.17) is 11.6 Å². The summed E-state index contributed by atoms with van der Waals surface area (Å²) in [5, 5.41) is 5.25. The van der Waals surface area contributed by atoms with E-state index in [1.54, 1.807) is 6.20 Å². The average Bonchev–Trinajstić information content (AvgIpc) is 2.79. The van der Waals surface area contributed by atoms with Gasteiger partial charge in [0.1, 0.15) is 5.88 Å². The summed E-state index contributed by atoms with van der Waals surface area (Å²) < 4.78 is 0. The Morgan fingerprint density at radius 2 is 2.12 bits per heavy atom. The van der Waals surface area contributed by atoms with Crippen LogP contribution in [0.1, 0.15) is 12.0 Å². The summed E-state index contributed by atoms with van der Waals surface area (Å²) in [5.74, 6) is -0.443. The second-order valence-electron chi connectivity index (χ2n) is 3.23. The number of aromatic amines is 1. The van der Waals surface area contributed by atoms with Gasteiger partial charge in [-0.2, -0.15) is 0 Å². The number of carbonyl (C=O) groups is 2. The lowest BCUT2D eigenvalue weighted by atomic mass is 10.3. The van der Waals surface area contributed by atoms with E-state index >= 15 is 0 Å². The maximum atomic E-state index is 11.3. The molecule has 0 bridgehead atoms. The lowest BCUT2D eigenvalue weighted by molar-refractivity contribution is -0.121. The van der Waals surface area contributed by atoms with Gasteiger partial charge in [0.2, 0.25) is 11.8 Å². The van der Waals surface area contributed by atoms with Gasteiger partial charge in [0.05, 0.1) is 0 Å². The summed E-state index contributed by atoms with van der Waals surface area (Å²) in [4.78, 5) is 25.0. The average molecular weight is 244 g/mol. The maximum Gasteiger partial charge on any atom is 0.234 e. The molecule has 1 heterocycles. The fourth-order valence-corrected chi connectivity index (χ4v) is 1.21. The Balaban J connectivity index is 2.09. The van der Waals surface area contributed by atoms with E-state index in [1.807, 2.05) is 12.3 Å². The number of rotatable bonds is 6. The molecule has 1 aromatic rings. The molecule has 16 heavy (non-hydrogen) atoms. The zero-order valence-corrected chi connectivity index (χ0v) is 9.51. The molecule has 3 N–H and O–H groups in total. The Morgan fingerprint density at radius 3 is 2.75 bits per heavy atom. The minimum absolute atomic E-state index is 0.0784. The van der Waals surface area contributed by atoms with Gasteiger partial charge in [0, 0.05) is 31.9 Å². The monoisotopic (exact) mass is 243 g/mol. The molecule has 0 aliphatic heterocycles. The first-order chi connectivity index (χ1) is 7.72. The van der Waals surface area contributed by atoms with Gasteiger partial charge >= 0.3 is 0 Å². The van der Waals surface area contributed by atoms with Gasteiger partial charge in [-0.1, -0.05) is 0 Å². The molecule has 2 amide bonds. The van der Waals surface area contributed by atoms with Gasteiger partial charge in [-0.15, -0.1) is 11.6 Å². The summed E-state index contributed by atoms with van der Waals surface area (Å²) in [6, 6.07) is 1.88. The van der Waals surface area contributed by atoms with Crippen LogP contribution >= 0.6 is 11.6 Å². The highest BCUT2D eigenvalue weighted by Gasteiger charge is 2.03. The third kappa shape index (κ3) is 4.84. The highest BCUT2D eigenvalue weighted by atomic mass is 35.5. The van der Waals surface area contributed by atoms with E-state index in [0.717, 1.165) is 5.56 Å². The van der Waals surface area contributed by atoms with E-state index in [-0.39, 0.29) is 24.1 Å². The summed E-state index contributed by atoms with van der Waals surface area (Å²) in [6.07, 6.45) is 3.87. The van der Waals surface area contributed by atoms with Crippen LogP contribution in [0.3, 0.4) is 0 Å². The molecule has 0 atom stereocenters. The van der Waals surface area contributed by atoms with Crippen molar-refractivity contribution in [1.82, 2.24) is 15.6 Å². The predicted molar refractivity (Wildman–Crippen MR) is 61.0 cm³/mol. The van der Waals surface area contributed by atoms with Gasteiger partial charge in [-0.3, -0.25) is 9.59 Å². The van der Waals surface area contributed by atoms with Gasteiger partial charge in [0.25, 0.3) is 0 Å². The molecule has 5 nitrogen and oxygen atoms in total. The van der Waals surface area contributed by atoms with E-state index < -0.39 is 0 Å². The van der Waals surface area contributed by atoms with Gasteiger partial charge in [0.15, 0.2) is 0 Å². The zero-order valence-electron chi connectivity index (χ0n) is 8.75. The Labute approximate surface area is 98.6 Å². The summed E-state index contributed by atoms with van der Waals surface area (Å²) in [5.41, 5.74) is 1.01. The number of carbonyl (C=O) groups excluding carboxylic acids is 2. The number of aromatic nitrogens is 1. The van der Waals surface area contributed by atoms with Crippen LogP contribution in [0.4, 0.5) is 0 Å². The third-order valence-electron chi connectivity index (χ3n) is 1.95. The quantitative estimate of drug-likeness (QED) is 0.632. The molecule has 0 aliphatic rings. The van der Waals surface area contributed by atoms with E-state index in [1.165, 1.54) is 0 Å². The van der Waals surface area contributed by atoms with Crippen LogP contribution in [0.15, 0.2) is 18.5 Å². The van der Waals surface area contributed by atoms with Gasteiger partial charge in [-0.25, -0.2) is 0 Å². The van der Waals surface area contributed by atoms with E-state index in [0.29, 0.717) is 13.1 Å². The molecule has 0 aromatic carbocycles. The molecule has 0 aliphatic carbocycles. The van der Waals surface area contributed by atoms with Crippen LogP contribution in [0, 0.1) is 0 Å². The fourth-order valence-electron chi connectivity index (χ4n) is 1.12. The number of alkyl halides is 1.